The molecule has 0 fully saturated rings. The quantitative estimate of drug-likeness (QED) is 0.774. The Bertz CT molecular complexity index is 899. The zero-order chi connectivity index (χ0) is 16.6. The van der Waals surface area contributed by atoms with Crippen LogP contribution in [0.25, 0.3) is 5.65 Å². The summed E-state index contributed by atoms with van der Waals surface area (Å²) in [5, 5.41) is 3.55. The van der Waals surface area contributed by atoms with Gasteiger partial charge in [-0.1, -0.05) is 30.7 Å². The molecule has 0 saturated heterocycles. The second-order valence-electron chi connectivity index (χ2n) is 5.56. The molecule has 0 bridgehead atoms. The van der Waals surface area contributed by atoms with Gasteiger partial charge in [0.05, 0.1) is 5.69 Å². The van der Waals surface area contributed by atoms with Gasteiger partial charge in [-0.3, -0.25) is 9.20 Å². The number of aryl methyl sites for hydroxylation is 3. The van der Waals surface area contributed by atoms with Crippen molar-refractivity contribution < 1.29 is 4.79 Å². The van der Waals surface area contributed by atoms with Crippen LogP contribution in [0, 0.1) is 13.8 Å². The van der Waals surface area contributed by atoms with Gasteiger partial charge in [-0.15, -0.1) is 0 Å². The molecule has 0 aliphatic rings. The molecule has 0 saturated carbocycles. The number of aromatic nitrogens is 2. The fraction of sp³-hybridized carbons (Fsp3) is 0.222. The minimum Gasteiger partial charge on any atom is -0.321 e. The number of pyridine rings is 1. The van der Waals surface area contributed by atoms with Crippen LogP contribution in [0.2, 0.25) is 5.02 Å². The van der Waals surface area contributed by atoms with E-state index in [2.05, 4.69) is 10.3 Å². The van der Waals surface area contributed by atoms with Gasteiger partial charge >= 0.3 is 0 Å². The molecule has 1 N–H and O–H groups in total. The predicted molar refractivity (Wildman–Crippen MR) is 93.4 cm³/mol. The molecule has 5 heteroatoms. The van der Waals surface area contributed by atoms with Crippen LogP contribution in [0.15, 0.2) is 36.5 Å². The average Bonchev–Trinajstić information content (AvgIpc) is 2.91. The first-order chi connectivity index (χ1) is 11.0. The maximum atomic E-state index is 12.8. The minimum absolute atomic E-state index is 0.181. The molecular weight excluding hydrogens is 310 g/mol. The SMILES string of the molecule is CCc1nc2c(C)cccn2c1C(=O)Nc1ccc(C)c(Cl)c1. The molecule has 2 aromatic heterocycles. The highest BCUT2D eigenvalue weighted by Gasteiger charge is 2.19. The second-order valence-corrected chi connectivity index (χ2v) is 5.97. The van der Waals surface area contributed by atoms with Gasteiger partial charge in [0.25, 0.3) is 5.91 Å². The number of halogens is 1. The third kappa shape index (κ3) is 2.82. The molecule has 3 aromatic rings. The van der Waals surface area contributed by atoms with Gasteiger partial charge in [0.1, 0.15) is 11.3 Å². The number of hydrogen-bond acceptors (Lipinski definition) is 2. The number of carbonyl (C=O) groups excluding carboxylic acids is 1. The molecule has 2 heterocycles. The number of hydrogen-bond donors (Lipinski definition) is 1. The van der Waals surface area contributed by atoms with Crippen LogP contribution in [0.5, 0.6) is 0 Å². The van der Waals surface area contributed by atoms with Crippen molar-refractivity contribution in [1.82, 2.24) is 9.38 Å². The summed E-state index contributed by atoms with van der Waals surface area (Å²) in [6.07, 6.45) is 2.56. The first-order valence-electron chi connectivity index (χ1n) is 7.55. The Morgan fingerprint density at radius 1 is 1.26 bits per heavy atom. The lowest BCUT2D eigenvalue weighted by molar-refractivity contribution is 0.102. The van der Waals surface area contributed by atoms with E-state index in [1.54, 1.807) is 6.07 Å². The van der Waals surface area contributed by atoms with Crippen molar-refractivity contribution in [1.29, 1.82) is 0 Å². The van der Waals surface area contributed by atoms with Crippen molar-refractivity contribution >= 4 is 28.8 Å². The molecule has 0 aliphatic carbocycles. The highest BCUT2D eigenvalue weighted by atomic mass is 35.5. The topological polar surface area (TPSA) is 46.4 Å². The van der Waals surface area contributed by atoms with Gasteiger partial charge in [-0.25, -0.2) is 4.98 Å². The zero-order valence-electron chi connectivity index (χ0n) is 13.4. The normalized spacial score (nSPS) is 11.0. The number of amides is 1. The molecule has 1 aromatic carbocycles. The van der Waals surface area contributed by atoms with E-state index in [0.717, 1.165) is 22.5 Å². The van der Waals surface area contributed by atoms with Crippen molar-refractivity contribution in [3.63, 3.8) is 0 Å². The van der Waals surface area contributed by atoms with Gasteiger partial charge in [0.2, 0.25) is 0 Å². The molecule has 0 aliphatic heterocycles. The molecule has 0 spiro atoms. The van der Waals surface area contributed by atoms with Crippen molar-refractivity contribution in [2.45, 2.75) is 27.2 Å². The number of benzene rings is 1. The van der Waals surface area contributed by atoms with E-state index in [4.69, 9.17) is 11.6 Å². The van der Waals surface area contributed by atoms with Gasteiger partial charge in [-0.2, -0.15) is 0 Å². The first-order valence-corrected chi connectivity index (χ1v) is 7.93. The number of carbonyl (C=O) groups is 1. The number of rotatable bonds is 3. The summed E-state index contributed by atoms with van der Waals surface area (Å²) in [7, 11) is 0. The Morgan fingerprint density at radius 3 is 2.74 bits per heavy atom. The summed E-state index contributed by atoms with van der Waals surface area (Å²) in [5.41, 5.74) is 4.87. The molecule has 0 radical (unpaired) electrons. The van der Waals surface area contributed by atoms with Gasteiger partial charge in [0.15, 0.2) is 0 Å². The lowest BCUT2D eigenvalue weighted by atomic mass is 10.2. The molecule has 0 unspecified atom stereocenters. The summed E-state index contributed by atoms with van der Waals surface area (Å²) >= 11 is 6.13. The van der Waals surface area contributed by atoms with Crippen molar-refractivity contribution in [3.05, 3.63) is 64.1 Å². The Labute approximate surface area is 140 Å². The number of nitrogens with zero attached hydrogens (tertiary/aromatic N) is 2. The lowest BCUT2D eigenvalue weighted by Gasteiger charge is -2.08. The zero-order valence-corrected chi connectivity index (χ0v) is 14.1. The van der Waals surface area contributed by atoms with E-state index in [9.17, 15) is 4.79 Å². The predicted octanol–water partition coefficient (Wildman–Crippen LogP) is 4.42. The Kier molecular flexibility index (Phi) is 4.09. The fourth-order valence-electron chi connectivity index (χ4n) is 2.60. The van der Waals surface area contributed by atoms with Crippen LogP contribution in [-0.2, 0) is 6.42 Å². The molecule has 1 amide bonds. The van der Waals surface area contributed by atoms with Crippen LogP contribution < -0.4 is 5.32 Å². The number of imidazole rings is 1. The van der Waals surface area contributed by atoms with E-state index in [-0.39, 0.29) is 5.91 Å². The van der Waals surface area contributed by atoms with E-state index in [1.165, 1.54) is 0 Å². The Morgan fingerprint density at radius 2 is 2.04 bits per heavy atom. The highest BCUT2D eigenvalue weighted by Crippen LogP contribution is 2.22. The maximum absolute atomic E-state index is 12.8. The maximum Gasteiger partial charge on any atom is 0.274 e. The molecule has 4 nitrogen and oxygen atoms in total. The van der Waals surface area contributed by atoms with E-state index < -0.39 is 0 Å². The molecule has 3 rings (SSSR count). The Balaban J connectivity index is 2.03. The Hall–Kier alpha value is -2.33. The monoisotopic (exact) mass is 327 g/mol. The smallest absolute Gasteiger partial charge is 0.274 e. The molecule has 0 atom stereocenters. The average molecular weight is 328 g/mol. The number of nitrogens with one attached hydrogen (secondary N) is 1. The minimum atomic E-state index is -0.181. The summed E-state index contributed by atoms with van der Waals surface area (Å²) in [6, 6.07) is 9.40. The second kappa shape index (κ2) is 6.05. The van der Waals surface area contributed by atoms with Gasteiger partial charge in [0, 0.05) is 16.9 Å². The van der Waals surface area contributed by atoms with Crippen LogP contribution in [0.1, 0.15) is 34.2 Å². The van der Waals surface area contributed by atoms with E-state index >= 15 is 0 Å². The third-order valence-electron chi connectivity index (χ3n) is 3.90. The molecule has 23 heavy (non-hydrogen) atoms. The van der Waals surface area contributed by atoms with Crippen molar-refractivity contribution in [3.8, 4) is 0 Å². The van der Waals surface area contributed by atoms with E-state index in [1.807, 2.05) is 55.6 Å². The number of fused-ring (bicyclic) bond motifs is 1. The summed E-state index contributed by atoms with van der Waals surface area (Å²) < 4.78 is 1.85. The highest BCUT2D eigenvalue weighted by molar-refractivity contribution is 6.31. The third-order valence-corrected chi connectivity index (χ3v) is 4.30. The van der Waals surface area contributed by atoms with Gasteiger partial charge < -0.3 is 5.32 Å². The van der Waals surface area contributed by atoms with Crippen molar-refractivity contribution in [2.24, 2.45) is 0 Å². The van der Waals surface area contributed by atoms with Gasteiger partial charge in [-0.05, 0) is 49.6 Å². The summed E-state index contributed by atoms with van der Waals surface area (Å²) in [4.78, 5) is 17.4. The fourth-order valence-corrected chi connectivity index (χ4v) is 2.78. The molecule has 118 valence electrons. The summed E-state index contributed by atoms with van der Waals surface area (Å²) in [6.45, 7) is 5.91. The molecular formula is C18H18ClN3O. The largest absolute Gasteiger partial charge is 0.321 e. The first kappa shape index (κ1) is 15.6. The van der Waals surface area contributed by atoms with Crippen LogP contribution in [-0.4, -0.2) is 15.3 Å². The lowest BCUT2D eigenvalue weighted by Crippen LogP contribution is -2.16. The standard InChI is InChI=1S/C18H18ClN3O/c1-4-15-16(22-9-5-6-12(3)17(22)21-15)18(23)20-13-8-7-11(2)14(19)10-13/h5-10H,4H2,1-3H3,(H,20,23). The number of anilines is 1. The van der Waals surface area contributed by atoms with Crippen LogP contribution in [0.4, 0.5) is 5.69 Å². The van der Waals surface area contributed by atoms with Crippen LogP contribution in [0.3, 0.4) is 0 Å². The van der Waals surface area contributed by atoms with Crippen molar-refractivity contribution in [2.75, 3.05) is 5.32 Å². The van der Waals surface area contributed by atoms with E-state index in [0.29, 0.717) is 22.8 Å². The summed E-state index contributed by atoms with van der Waals surface area (Å²) in [5.74, 6) is -0.181. The van der Waals surface area contributed by atoms with Crippen LogP contribution >= 0.6 is 11.6 Å².